The predicted molar refractivity (Wildman–Crippen MR) is 139 cm³/mol. The summed E-state index contributed by atoms with van der Waals surface area (Å²) in [6.45, 7) is 1.94. The van der Waals surface area contributed by atoms with Crippen LogP contribution in [0, 0.1) is 17.0 Å². The molecule has 0 saturated carbocycles. The van der Waals surface area contributed by atoms with Gasteiger partial charge >= 0.3 is 11.9 Å². The van der Waals surface area contributed by atoms with Gasteiger partial charge in [0.25, 0.3) is 5.91 Å². The summed E-state index contributed by atoms with van der Waals surface area (Å²) in [6, 6.07) is 14.1. The van der Waals surface area contributed by atoms with E-state index >= 15 is 0 Å². The van der Waals surface area contributed by atoms with Gasteiger partial charge in [-0.05, 0) is 70.9 Å². The number of hydrogen-bond acceptors (Lipinski definition) is 6. The van der Waals surface area contributed by atoms with Crippen LogP contribution in [-0.2, 0) is 11.0 Å². The number of alkyl halides is 3. The zero-order valence-corrected chi connectivity index (χ0v) is 21.4. The van der Waals surface area contributed by atoms with Gasteiger partial charge in [-0.3, -0.25) is 19.8 Å². The minimum Gasteiger partial charge on any atom is -0.449 e. The number of halogens is 4. The number of nitrogens with zero attached hydrogens (tertiary/aromatic N) is 2. The first-order valence-corrected chi connectivity index (χ1v) is 12.1. The van der Waals surface area contributed by atoms with Crippen molar-refractivity contribution in [2.24, 2.45) is 0 Å². The van der Waals surface area contributed by atoms with Crippen molar-refractivity contribution < 1.29 is 27.6 Å². The number of thioether (sulfide) groups is 1. The first kappa shape index (κ1) is 25.9. The average Bonchev–Trinajstić information content (AvgIpc) is 3.08. The van der Waals surface area contributed by atoms with Gasteiger partial charge in [0, 0.05) is 6.07 Å². The lowest BCUT2D eigenvalue weighted by Crippen LogP contribution is -2.27. The Bertz CT molecular complexity index is 1430. The molecule has 1 saturated heterocycles. The van der Waals surface area contributed by atoms with Crippen molar-refractivity contribution in [2.45, 2.75) is 13.1 Å². The molecule has 12 heteroatoms. The van der Waals surface area contributed by atoms with Crippen LogP contribution in [-0.4, -0.2) is 15.2 Å². The molecular weight excluding hydrogens is 581 g/mol. The van der Waals surface area contributed by atoms with Crippen molar-refractivity contribution >= 4 is 67.6 Å². The Kier molecular flexibility index (Phi) is 7.21. The highest BCUT2D eigenvalue weighted by atomic mass is 79.9. The minimum absolute atomic E-state index is 0.141. The van der Waals surface area contributed by atoms with E-state index in [4.69, 9.17) is 17.0 Å². The quantitative estimate of drug-likeness (QED) is 0.129. The second kappa shape index (κ2) is 10.0. The Morgan fingerprint density at radius 3 is 2.36 bits per heavy atom. The van der Waals surface area contributed by atoms with Crippen LogP contribution in [0.15, 0.2) is 70.0 Å². The smallest absolute Gasteiger partial charge is 0.416 e. The molecule has 3 aromatic carbocycles. The van der Waals surface area contributed by atoms with E-state index in [1.807, 2.05) is 31.2 Å². The number of nitro groups is 1. The molecule has 1 fully saturated rings. The second-order valence-corrected chi connectivity index (χ2v) is 10.1. The summed E-state index contributed by atoms with van der Waals surface area (Å²) in [4.78, 5) is 25.2. The van der Waals surface area contributed by atoms with Crippen LogP contribution in [0.2, 0.25) is 0 Å². The largest absolute Gasteiger partial charge is 0.449 e. The fourth-order valence-corrected chi connectivity index (χ4v) is 5.04. The molecule has 1 amide bonds. The van der Waals surface area contributed by atoms with Gasteiger partial charge in [0.1, 0.15) is 5.75 Å². The van der Waals surface area contributed by atoms with Crippen LogP contribution in [0.25, 0.3) is 6.08 Å². The van der Waals surface area contributed by atoms with Crippen molar-refractivity contribution in [3.63, 3.8) is 0 Å². The van der Waals surface area contributed by atoms with Gasteiger partial charge in [-0.2, -0.15) is 13.2 Å². The van der Waals surface area contributed by atoms with Gasteiger partial charge in [-0.25, -0.2) is 0 Å². The fourth-order valence-electron chi connectivity index (χ4n) is 3.27. The molecule has 184 valence electrons. The highest BCUT2D eigenvalue weighted by Crippen LogP contribution is 2.40. The van der Waals surface area contributed by atoms with E-state index in [-0.39, 0.29) is 17.4 Å². The second-order valence-electron chi connectivity index (χ2n) is 7.58. The molecule has 4 rings (SSSR count). The molecule has 3 aromatic rings. The predicted octanol–water partition coefficient (Wildman–Crippen LogP) is 7.88. The minimum atomic E-state index is -4.73. The molecule has 0 aliphatic carbocycles. The van der Waals surface area contributed by atoms with Gasteiger partial charge in [0.15, 0.2) is 4.32 Å². The molecule has 1 aliphatic rings. The average molecular weight is 595 g/mol. The van der Waals surface area contributed by atoms with Crippen LogP contribution >= 0.6 is 39.9 Å². The van der Waals surface area contributed by atoms with Crippen molar-refractivity contribution in [2.75, 3.05) is 4.90 Å². The molecule has 36 heavy (non-hydrogen) atoms. The van der Waals surface area contributed by atoms with Crippen LogP contribution < -0.4 is 9.64 Å². The number of aryl methyl sites for hydroxylation is 1. The van der Waals surface area contributed by atoms with Crippen LogP contribution in [0.1, 0.15) is 16.7 Å². The number of hydrogen-bond donors (Lipinski definition) is 0. The normalized spacial score (nSPS) is 15.0. The highest BCUT2D eigenvalue weighted by molar-refractivity contribution is 9.10. The maximum atomic E-state index is 13.0. The Balaban J connectivity index is 1.58. The Morgan fingerprint density at radius 1 is 1.08 bits per heavy atom. The summed E-state index contributed by atoms with van der Waals surface area (Å²) in [5, 5.41) is 11.3. The van der Waals surface area contributed by atoms with Crippen molar-refractivity contribution in [1.82, 2.24) is 0 Å². The van der Waals surface area contributed by atoms with Crippen LogP contribution in [0.4, 0.5) is 24.5 Å². The topological polar surface area (TPSA) is 72.7 Å². The third-order valence-electron chi connectivity index (χ3n) is 5.04. The number of amides is 1. The molecule has 0 spiro atoms. The molecule has 0 aromatic heterocycles. The molecule has 0 unspecified atom stereocenters. The summed E-state index contributed by atoms with van der Waals surface area (Å²) in [5.74, 6) is -0.478. The molecule has 1 heterocycles. The Morgan fingerprint density at radius 2 is 1.75 bits per heavy atom. The number of thiocarbonyl (C=S) groups is 1. The van der Waals surface area contributed by atoms with Gasteiger partial charge < -0.3 is 4.74 Å². The zero-order chi connectivity index (χ0) is 26.2. The van der Waals surface area contributed by atoms with E-state index in [0.717, 1.165) is 23.4 Å². The zero-order valence-electron chi connectivity index (χ0n) is 18.2. The lowest BCUT2D eigenvalue weighted by molar-refractivity contribution is -0.385. The van der Waals surface area contributed by atoms with E-state index in [1.165, 1.54) is 11.0 Å². The van der Waals surface area contributed by atoms with Gasteiger partial charge in [-0.15, -0.1) is 0 Å². The van der Waals surface area contributed by atoms with E-state index in [2.05, 4.69) is 15.9 Å². The van der Waals surface area contributed by atoms with Crippen LogP contribution in [0.5, 0.6) is 11.5 Å². The molecule has 0 bridgehead atoms. The third kappa shape index (κ3) is 5.45. The number of benzene rings is 3. The molecular formula is C24H14BrF3N2O4S2. The summed E-state index contributed by atoms with van der Waals surface area (Å²) < 4.78 is 45.1. The summed E-state index contributed by atoms with van der Waals surface area (Å²) in [6.07, 6.45) is -3.09. The van der Waals surface area contributed by atoms with E-state index in [0.29, 0.717) is 37.1 Å². The monoisotopic (exact) mass is 594 g/mol. The van der Waals surface area contributed by atoms with Crippen molar-refractivity contribution in [3.05, 3.63) is 96.8 Å². The summed E-state index contributed by atoms with van der Waals surface area (Å²) in [7, 11) is 0. The number of carbonyl (C=O) groups is 1. The van der Waals surface area contributed by atoms with Crippen molar-refractivity contribution in [1.29, 1.82) is 0 Å². The fraction of sp³-hybridized carbons (Fsp3) is 0.0833. The molecule has 0 radical (unpaired) electrons. The van der Waals surface area contributed by atoms with Crippen LogP contribution in [0.3, 0.4) is 0 Å². The Hall–Kier alpha value is -3.22. The number of nitro benzene ring substituents is 1. The maximum Gasteiger partial charge on any atom is 0.416 e. The number of rotatable bonds is 5. The Labute approximate surface area is 221 Å². The number of anilines is 1. The van der Waals surface area contributed by atoms with Gasteiger partial charge in [-0.1, -0.05) is 47.7 Å². The van der Waals surface area contributed by atoms with E-state index < -0.39 is 22.4 Å². The molecule has 6 nitrogen and oxygen atoms in total. The highest BCUT2D eigenvalue weighted by Gasteiger charge is 2.34. The van der Waals surface area contributed by atoms with E-state index in [9.17, 15) is 28.1 Å². The summed E-state index contributed by atoms with van der Waals surface area (Å²) >= 11 is 9.85. The number of carbonyl (C=O) groups excluding carboxylic acids is 1. The number of ether oxygens (including phenoxy) is 1. The maximum absolute atomic E-state index is 13.0. The lowest BCUT2D eigenvalue weighted by Gasteiger charge is -2.14. The standard InChI is InChI=1S/C24H14BrF3N2O4S2/c1-13-2-6-16(7-3-13)29-22(31)21(36-23(29)35)11-14-4-8-19(17(25)10-14)34-20-9-5-15(24(26,27)28)12-18(20)30(32)33/h2-12H,1H3/b21-11-. The lowest BCUT2D eigenvalue weighted by atomic mass is 10.1. The van der Waals surface area contributed by atoms with Gasteiger partial charge in [0.2, 0.25) is 5.75 Å². The van der Waals surface area contributed by atoms with Gasteiger partial charge in [0.05, 0.1) is 25.6 Å². The van der Waals surface area contributed by atoms with E-state index in [1.54, 1.807) is 18.2 Å². The first-order valence-electron chi connectivity index (χ1n) is 10.1. The third-order valence-corrected chi connectivity index (χ3v) is 6.96. The molecule has 0 N–H and O–H groups in total. The summed E-state index contributed by atoms with van der Waals surface area (Å²) in [5.41, 5.74) is 0.350. The first-order chi connectivity index (χ1) is 16.9. The SMILES string of the molecule is Cc1ccc(N2C(=O)/C(=C/c3ccc(Oc4ccc(C(F)(F)F)cc4[N+](=O)[O-])c(Br)c3)SC2=S)cc1. The molecule has 0 atom stereocenters. The molecule has 1 aliphatic heterocycles. The van der Waals surface area contributed by atoms with Crippen molar-refractivity contribution in [3.8, 4) is 11.5 Å².